The van der Waals surface area contributed by atoms with Gasteiger partial charge in [0.1, 0.15) is 5.01 Å². The summed E-state index contributed by atoms with van der Waals surface area (Å²) in [6, 6.07) is 73.1. The second-order valence-corrected chi connectivity index (χ2v) is 17.6. The van der Waals surface area contributed by atoms with Crippen LogP contribution in [0.5, 0.6) is 0 Å². The maximum atomic E-state index is 5.12. The van der Waals surface area contributed by atoms with Crippen molar-refractivity contribution in [1.82, 2.24) is 14.1 Å². The second-order valence-electron chi connectivity index (χ2n) is 15.5. The first-order valence-corrected chi connectivity index (χ1v) is 21.9. The molecule has 0 aliphatic rings. The SMILES string of the molecule is c1ccc(-c2nc3ccc4c5cc(-c6ccc7c(c6)c6ccccc6n7-c6cccc(-c7ccc8sc9ccccc9c8c7)c6)ccc5n(-c5ccccc5)c4c3s2)cc1. The highest BCUT2D eigenvalue weighted by atomic mass is 32.1. The van der Waals surface area contributed by atoms with E-state index in [2.05, 4.69) is 209 Å². The number of thiophene rings is 1. The van der Waals surface area contributed by atoms with Crippen molar-refractivity contribution in [3.05, 3.63) is 200 Å². The molecule has 4 aromatic heterocycles. The topological polar surface area (TPSA) is 22.8 Å². The van der Waals surface area contributed by atoms with Crippen LogP contribution < -0.4 is 0 Å². The summed E-state index contributed by atoms with van der Waals surface area (Å²) in [7, 11) is 0. The van der Waals surface area contributed by atoms with Crippen LogP contribution in [0.15, 0.2) is 200 Å². The minimum absolute atomic E-state index is 1.02. The van der Waals surface area contributed by atoms with Crippen molar-refractivity contribution < 1.29 is 0 Å². The zero-order valence-electron chi connectivity index (χ0n) is 32.2. The molecule has 0 bridgehead atoms. The van der Waals surface area contributed by atoms with Gasteiger partial charge in [0.05, 0.1) is 32.3 Å². The first kappa shape index (κ1) is 33.6. The Hall–Kier alpha value is -7.31. The maximum Gasteiger partial charge on any atom is 0.124 e. The summed E-state index contributed by atoms with van der Waals surface area (Å²) in [5.74, 6) is 0. The monoisotopic (exact) mass is 799 g/mol. The third-order valence-corrected chi connectivity index (χ3v) is 14.4. The molecule has 0 fully saturated rings. The van der Waals surface area contributed by atoms with Crippen LogP contribution in [0.1, 0.15) is 0 Å². The average molecular weight is 800 g/mol. The Kier molecular flexibility index (Phi) is 7.35. The molecule has 0 atom stereocenters. The summed E-state index contributed by atoms with van der Waals surface area (Å²) in [6.07, 6.45) is 0. The molecule has 0 saturated heterocycles. The minimum Gasteiger partial charge on any atom is -0.309 e. The van der Waals surface area contributed by atoms with E-state index in [1.807, 2.05) is 11.3 Å². The molecular weight excluding hydrogens is 767 g/mol. The number of fused-ring (bicyclic) bond motifs is 11. The minimum atomic E-state index is 1.02. The van der Waals surface area contributed by atoms with Crippen molar-refractivity contribution in [3.63, 3.8) is 0 Å². The number of para-hydroxylation sites is 2. The summed E-state index contributed by atoms with van der Waals surface area (Å²) in [6.45, 7) is 0. The lowest BCUT2D eigenvalue weighted by molar-refractivity contribution is 1.18. The van der Waals surface area contributed by atoms with Crippen molar-refractivity contribution in [2.45, 2.75) is 0 Å². The van der Waals surface area contributed by atoms with E-state index in [9.17, 15) is 0 Å². The largest absolute Gasteiger partial charge is 0.309 e. The van der Waals surface area contributed by atoms with Gasteiger partial charge >= 0.3 is 0 Å². The Morgan fingerprint density at radius 2 is 0.917 bits per heavy atom. The van der Waals surface area contributed by atoms with Gasteiger partial charge in [-0.15, -0.1) is 22.7 Å². The molecule has 280 valence electrons. The van der Waals surface area contributed by atoms with Gasteiger partial charge in [0.2, 0.25) is 0 Å². The van der Waals surface area contributed by atoms with Gasteiger partial charge in [-0.2, -0.15) is 0 Å². The van der Waals surface area contributed by atoms with Crippen molar-refractivity contribution in [3.8, 4) is 44.2 Å². The Morgan fingerprint density at radius 3 is 1.73 bits per heavy atom. The van der Waals surface area contributed by atoms with Crippen LogP contribution in [0.25, 0.3) is 118 Å². The molecule has 0 aliphatic heterocycles. The average Bonchev–Trinajstić information content (AvgIpc) is 4.08. The third kappa shape index (κ3) is 5.10. The highest BCUT2D eigenvalue weighted by Gasteiger charge is 2.20. The van der Waals surface area contributed by atoms with Gasteiger partial charge in [-0.3, -0.25) is 0 Å². The van der Waals surface area contributed by atoms with Crippen LogP contribution in [0.3, 0.4) is 0 Å². The van der Waals surface area contributed by atoms with E-state index in [-0.39, 0.29) is 0 Å². The first-order valence-electron chi connectivity index (χ1n) is 20.3. The molecule has 0 saturated carbocycles. The van der Waals surface area contributed by atoms with Gasteiger partial charge in [-0.05, 0) is 107 Å². The Morgan fingerprint density at radius 1 is 0.333 bits per heavy atom. The Balaban J connectivity index is 0.961. The predicted molar refractivity (Wildman–Crippen MR) is 257 cm³/mol. The molecule has 0 unspecified atom stereocenters. The van der Waals surface area contributed by atoms with Gasteiger partial charge in [-0.25, -0.2) is 4.98 Å². The van der Waals surface area contributed by atoms with E-state index in [0.29, 0.717) is 0 Å². The van der Waals surface area contributed by atoms with Crippen molar-refractivity contribution in [2.75, 3.05) is 0 Å². The summed E-state index contributed by atoms with van der Waals surface area (Å²) < 4.78 is 8.71. The number of aromatic nitrogens is 3. The lowest BCUT2D eigenvalue weighted by atomic mass is 10.0. The van der Waals surface area contributed by atoms with Gasteiger partial charge in [0.15, 0.2) is 0 Å². The van der Waals surface area contributed by atoms with Crippen LogP contribution >= 0.6 is 22.7 Å². The number of thiazole rings is 1. The standard InChI is InChI=1S/C55H33N3S2/c1-3-12-34(13-4-1)55-56-47-26-25-43-45-32-37(23-28-50(45)58(53(43)54(47)60-55)39-15-5-2-6-16-39)36-22-27-49-44(31-36)41-18-7-9-20-48(41)57(49)40-17-11-14-35(30-40)38-24-29-52-46(33-38)42-19-8-10-21-51(42)59-52/h1-33H. The fourth-order valence-corrected chi connectivity index (χ4v) is 11.6. The molecule has 4 heterocycles. The lowest BCUT2D eigenvalue weighted by Crippen LogP contribution is -1.94. The molecule has 0 N–H and O–H groups in total. The molecule has 9 aromatic carbocycles. The van der Waals surface area contributed by atoms with Crippen LogP contribution in [0, 0.1) is 0 Å². The quantitative estimate of drug-likeness (QED) is 0.170. The normalized spacial score (nSPS) is 12.0. The van der Waals surface area contributed by atoms with Gasteiger partial charge in [0.25, 0.3) is 0 Å². The van der Waals surface area contributed by atoms with E-state index in [1.165, 1.54) is 90.7 Å². The van der Waals surface area contributed by atoms with Gasteiger partial charge in [-0.1, -0.05) is 115 Å². The van der Waals surface area contributed by atoms with E-state index < -0.39 is 0 Å². The summed E-state index contributed by atoms with van der Waals surface area (Å²) >= 11 is 3.64. The smallest absolute Gasteiger partial charge is 0.124 e. The maximum absolute atomic E-state index is 5.12. The number of hydrogen-bond donors (Lipinski definition) is 0. The van der Waals surface area contributed by atoms with E-state index in [0.717, 1.165) is 27.5 Å². The number of rotatable bonds is 5. The van der Waals surface area contributed by atoms with Crippen molar-refractivity contribution >= 4 is 96.7 Å². The molecule has 13 rings (SSSR count). The molecule has 0 amide bonds. The summed E-state index contributed by atoms with van der Waals surface area (Å²) in [5.41, 5.74) is 14.1. The van der Waals surface area contributed by atoms with E-state index in [4.69, 9.17) is 4.98 Å². The van der Waals surface area contributed by atoms with Crippen LogP contribution in [-0.4, -0.2) is 14.1 Å². The molecule has 60 heavy (non-hydrogen) atoms. The number of benzene rings is 9. The molecule has 0 aliphatic carbocycles. The van der Waals surface area contributed by atoms with Gasteiger partial charge in [0, 0.05) is 58.7 Å². The first-order chi connectivity index (χ1) is 29.7. The zero-order valence-corrected chi connectivity index (χ0v) is 33.8. The summed E-state index contributed by atoms with van der Waals surface area (Å²) in [5, 5.41) is 8.63. The lowest BCUT2D eigenvalue weighted by Gasteiger charge is -2.11. The third-order valence-electron chi connectivity index (χ3n) is 12.1. The Bertz CT molecular complexity index is 3830. The van der Waals surface area contributed by atoms with Gasteiger partial charge < -0.3 is 9.13 Å². The molecule has 0 spiro atoms. The molecule has 5 heteroatoms. The highest BCUT2D eigenvalue weighted by Crippen LogP contribution is 2.43. The number of hydrogen-bond acceptors (Lipinski definition) is 3. The fraction of sp³-hybridized carbons (Fsp3) is 0. The molecule has 0 radical (unpaired) electrons. The number of nitrogens with zero attached hydrogens (tertiary/aromatic N) is 3. The molecule has 13 aromatic rings. The fourth-order valence-electron chi connectivity index (χ4n) is 9.37. The van der Waals surface area contributed by atoms with Crippen LogP contribution in [-0.2, 0) is 0 Å². The zero-order chi connectivity index (χ0) is 39.3. The van der Waals surface area contributed by atoms with E-state index in [1.54, 1.807) is 11.3 Å². The van der Waals surface area contributed by atoms with Crippen molar-refractivity contribution in [1.29, 1.82) is 0 Å². The van der Waals surface area contributed by atoms with Crippen LogP contribution in [0.4, 0.5) is 0 Å². The van der Waals surface area contributed by atoms with Crippen molar-refractivity contribution in [2.24, 2.45) is 0 Å². The highest BCUT2D eigenvalue weighted by molar-refractivity contribution is 7.25. The predicted octanol–water partition coefficient (Wildman–Crippen LogP) is 15.9. The second kappa shape index (κ2) is 13.1. The summed E-state index contributed by atoms with van der Waals surface area (Å²) in [4.78, 5) is 5.12. The molecular formula is C55H33N3S2. The van der Waals surface area contributed by atoms with E-state index >= 15 is 0 Å². The Labute approximate surface area is 353 Å². The van der Waals surface area contributed by atoms with Crippen LogP contribution in [0.2, 0.25) is 0 Å². The molecule has 3 nitrogen and oxygen atoms in total.